The normalized spacial score (nSPS) is 18.5. The summed E-state index contributed by atoms with van der Waals surface area (Å²) in [6.07, 6.45) is 2.51. The van der Waals surface area contributed by atoms with Crippen LogP contribution < -0.4 is 0 Å². The number of fused-ring (bicyclic) bond motifs is 1. The molecule has 2 N–H and O–H groups in total. The van der Waals surface area contributed by atoms with Crippen molar-refractivity contribution in [2.45, 2.75) is 32.8 Å². The molecule has 0 amide bonds. The molecule has 1 aliphatic rings. The first kappa shape index (κ1) is 15.8. The van der Waals surface area contributed by atoms with Crippen molar-refractivity contribution in [1.82, 2.24) is 0 Å². The molecule has 22 heavy (non-hydrogen) atoms. The van der Waals surface area contributed by atoms with Gasteiger partial charge in [0.05, 0.1) is 12.0 Å². The molecule has 0 fully saturated rings. The number of aromatic hydroxyl groups is 2. The zero-order valence-electron chi connectivity index (χ0n) is 12.3. The van der Waals surface area contributed by atoms with E-state index >= 15 is 0 Å². The van der Waals surface area contributed by atoms with E-state index < -0.39 is 29.0 Å². The van der Waals surface area contributed by atoms with E-state index in [0.29, 0.717) is 6.42 Å². The molecule has 1 atom stereocenters. The molecule has 1 aliphatic heterocycles. The van der Waals surface area contributed by atoms with Crippen LogP contribution in [0.2, 0.25) is 0 Å². The van der Waals surface area contributed by atoms with Crippen LogP contribution in [0.15, 0.2) is 18.2 Å². The molecule has 6 nitrogen and oxygen atoms in total. The van der Waals surface area contributed by atoms with Gasteiger partial charge < -0.3 is 14.9 Å². The number of ketones is 2. The summed E-state index contributed by atoms with van der Waals surface area (Å²) in [4.78, 5) is 35.6. The zero-order valence-corrected chi connectivity index (χ0v) is 12.3. The molecule has 6 heteroatoms. The van der Waals surface area contributed by atoms with E-state index in [1.54, 1.807) is 6.92 Å². The van der Waals surface area contributed by atoms with Gasteiger partial charge in [-0.3, -0.25) is 14.4 Å². The van der Waals surface area contributed by atoms with Crippen LogP contribution in [0.1, 0.15) is 46.5 Å². The standard InChI is InChI=1S/C16H16O6/c1-8-4-3-5-11(18)15-10(7-13(20)22-8)6-12(19)14(9(2)17)16(15)21/h3,5-6,8,19,21H,4,7H2,1-2H3/t8-/m0/s1. The highest BCUT2D eigenvalue weighted by Crippen LogP contribution is 2.35. The fraction of sp³-hybridized carbons (Fsp3) is 0.312. The third-order valence-electron chi connectivity index (χ3n) is 3.36. The van der Waals surface area contributed by atoms with Crippen molar-refractivity contribution < 1.29 is 29.3 Å². The highest BCUT2D eigenvalue weighted by atomic mass is 16.5. The van der Waals surface area contributed by atoms with Gasteiger partial charge in [0.2, 0.25) is 0 Å². The molecule has 0 aromatic heterocycles. The van der Waals surface area contributed by atoms with E-state index in [1.165, 1.54) is 12.2 Å². The fourth-order valence-electron chi connectivity index (χ4n) is 2.39. The topological polar surface area (TPSA) is 101 Å². The number of phenols is 2. The highest BCUT2D eigenvalue weighted by Gasteiger charge is 2.26. The van der Waals surface area contributed by atoms with Crippen LogP contribution >= 0.6 is 0 Å². The van der Waals surface area contributed by atoms with E-state index in [4.69, 9.17) is 4.74 Å². The maximum atomic E-state index is 12.3. The predicted molar refractivity (Wildman–Crippen MR) is 77.1 cm³/mol. The summed E-state index contributed by atoms with van der Waals surface area (Å²) < 4.78 is 5.14. The Kier molecular flexibility index (Phi) is 4.30. The van der Waals surface area contributed by atoms with Crippen LogP contribution in [-0.4, -0.2) is 33.9 Å². The van der Waals surface area contributed by atoms with Crippen LogP contribution in [0.3, 0.4) is 0 Å². The molecule has 1 aromatic rings. The summed E-state index contributed by atoms with van der Waals surface area (Å²) in [5.74, 6) is -2.77. The smallest absolute Gasteiger partial charge is 0.310 e. The first-order valence-corrected chi connectivity index (χ1v) is 6.80. The average Bonchev–Trinajstić information content (AvgIpc) is 2.36. The molecule has 0 radical (unpaired) electrons. The Morgan fingerprint density at radius 2 is 2.00 bits per heavy atom. The quantitative estimate of drug-likeness (QED) is 0.607. The lowest BCUT2D eigenvalue weighted by Crippen LogP contribution is -2.19. The van der Waals surface area contributed by atoms with Crippen LogP contribution in [0, 0.1) is 0 Å². The highest BCUT2D eigenvalue weighted by molar-refractivity contribution is 6.12. The molecule has 0 bridgehead atoms. The number of hydrogen-bond acceptors (Lipinski definition) is 6. The Balaban J connectivity index is 2.66. The number of Topliss-reactive ketones (excluding diaryl/α,β-unsaturated/α-hetero) is 1. The largest absolute Gasteiger partial charge is 0.507 e. The number of phenolic OH excluding ortho intramolecular Hbond substituents is 2. The maximum absolute atomic E-state index is 12.3. The average molecular weight is 304 g/mol. The van der Waals surface area contributed by atoms with Gasteiger partial charge in [0.1, 0.15) is 23.2 Å². The molecule has 0 spiro atoms. The number of cyclic esters (lactones) is 1. The van der Waals surface area contributed by atoms with Crippen molar-refractivity contribution in [2.75, 3.05) is 0 Å². The summed E-state index contributed by atoms with van der Waals surface area (Å²) in [7, 11) is 0. The summed E-state index contributed by atoms with van der Waals surface area (Å²) in [5, 5.41) is 20.1. The van der Waals surface area contributed by atoms with Crippen molar-refractivity contribution in [3.05, 3.63) is 34.9 Å². The third kappa shape index (κ3) is 3.00. The van der Waals surface area contributed by atoms with Crippen molar-refractivity contribution in [3.8, 4) is 11.5 Å². The molecule has 2 rings (SSSR count). The minimum atomic E-state index is -0.612. The Hall–Kier alpha value is -2.63. The minimum absolute atomic E-state index is 0.119. The van der Waals surface area contributed by atoms with Crippen LogP contribution in [-0.2, 0) is 16.0 Å². The maximum Gasteiger partial charge on any atom is 0.310 e. The van der Waals surface area contributed by atoms with Gasteiger partial charge in [-0.25, -0.2) is 0 Å². The van der Waals surface area contributed by atoms with Crippen molar-refractivity contribution >= 4 is 17.5 Å². The van der Waals surface area contributed by atoms with Gasteiger partial charge in [-0.2, -0.15) is 0 Å². The predicted octanol–water partition coefficient (Wildman–Crippen LogP) is 1.92. The molecular formula is C16H16O6. The van der Waals surface area contributed by atoms with Gasteiger partial charge in [-0.1, -0.05) is 6.08 Å². The van der Waals surface area contributed by atoms with Crippen molar-refractivity contribution in [1.29, 1.82) is 0 Å². The Labute approximate surface area is 127 Å². The summed E-state index contributed by atoms with van der Waals surface area (Å²) >= 11 is 0. The molecule has 116 valence electrons. The Morgan fingerprint density at radius 1 is 1.32 bits per heavy atom. The molecule has 0 saturated carbocycles. The lowest BCUT2D eigenvalue weighted by Gasteiger charge is -2.16. The number of carbonyl (C=O) groups is 3. The van der Waals surface area contributed by atoms with Gasteiger partial charge in [-0.05, 0) is 31.6 Å². The number of benzene rings is 1. The van der Waals surface area contributed by atoms with E-state index in [-0.39, 0.29) is 29.2 Å². The van der Waals surface area contributed by atoms with Gasteiger partial charge in [0.15, 0.2) is 11.6 Å². The number of rotatable bonds is 1. The second-order valence-electron chi connectivity index (χ2n) is 5.19. The van der Waals surface area contributed by atoms with E-state index in [1.807, 2.05) is 0 Å². The van der Waals surface area contributed by atoms with E-state index in [9.17, 15) is 24.6 Å². The number of esters is 1. The molecule has 1 heterocycles. The second kappa shape index (κ2) is 6.01. The number of allylic oxidation sites excluding steroid dienone is 1. The van der Waals surface area contributed by atoms with E-state index in [2.05, 4.69) is 0 Å². The monoisotopic (exact) mass is 304 g/mol. The second-order valence-corrected chi connectivity index (χ2v) is 5.19. The van der Waals surface area contributed by atoms with Gasteiger partial charge in [-0.15, -0.1) is 0 Å². The SMILES string of the molecule is CC(=O)c1c(O)cc2c(c1O)C(=O)C=CC[C@H](C)OC(=O)C2. The van der Waals surface area contributed by atoms with Crippen molar-refractivity contribution in [3.63, 3.8) is 0 Å². The summed E-state index contributed by atoms with van der Waals surface area (Å²) in [6.45, 7) is 2.86. The molecule has 0 saturated heterocycles. The summed E-state index contributed by atoms with van der Waals surface area (Å²) in [6, 6.07) is 1.14. The number of hydrogen-bond donors (Lipinski definition) is 2. The minimum Gasteiger partial charge on any atom is -0.507 e. The first-order chi connectivity index (χ1) is 10.3. The Bertz CT molecular complexity index is 686. The van der Waals surface area contributed by atoms with Gasteiger partial charge in [0, 0.05) is 6.42 Å². The lowest BCUT2D eigenvalue weighted by molar-refractivity contribution is -0.147. The van der Waals surface area contributed by atoms with Crippen LogP contribution in [0.25, 0.3) is 0 Å². The molecule has 0 unspecified atom stereocenters. The van der Waals surface area contributed by atoms with E-state index in [0.717, 1.165) is 13.0 Å². The Morgan fingerprint density at radius 3 is 2.64 bits per heavy atom. The fourth-order valence-corrected chi connectivity index (χ4v) is 2.39. The summed E-state index contributed by atoms with van der Waals surface area (Å²) in [5.41, 5.74) is -0.376. The molecular weight excluding hydrogens is 288 g/mol. The van der Waals surface area contributed by atoms with Crippen molar-refractivity contribution in [2.24, 2.45) is 0 Å². The van der Waals surface area contributed by atoms with Gasteiger partial charge >= 0.3 is 5.97 Å². The number of ether oxygens (including phenoxy) is 1. The molecule has 0 aliphatic carbocycles. The number of carbonyl (C=O) groups excluding carboxylic acids is 3. The van der Waals surface area contributed by atoms with Gasteiger partial charge in [0.25, 0.3) is 0 Å². The third-order valence-corrected chi connectivity index (χ3v) is 3.36. The van der Waals surface area contributed by atoms with Crippen LogP contribution in [0.5, 0.6) is 11.5 Å². The zero-order chi connectivity index (χ0) is 16.4. The molecule has 1 aromatic carbocycles. The first-order valence-electron chi connectivity index (χ1n) is 6.80. The lowest BCUT2D eigenvalue weighted by atomic mass is 9.93. The van der Waals surface area contributed by atoms with Crippen LogP contribution in [0.4, 0.5) is 0 Å².